The van der Waals surface area contributed by atoms with Crippen molar-refractivity contribution in [2.24, 2.45) is 0 Å². The second kappa shape index (κ2) is 7.51. The van der Waals surface area contributed by atoms with E-state index in [4.69, 9.17) is 16.3 Å². The molecule has 1 aromatic carbocycles. The van der Waals surface area contributed by atoms with Gasteiger partial charge in [0.15, 0.2) is 0 Å². The minimum Gasteiger partial charge on any atom is -0.377 e. The molecule has 2 aliphatic rings. The second-order valence-corrected chi connectivity index (χ2v) is 6.67. The van der Waals surface area contributed by atoms with Crippen LogP contribution in [0.15, 0.2) is 18.2 Å². The molecule has 23 heavy (non-hydrogen) atoms. The van der Waals surface area contributed by atoms with Crippen molar-refractivity contribution in [2.75, 3.05) is 44.6 Å². The summed E-state index contributed by atoms with van der Waals surface area (Å²) in [5, 5.41) is 3.64. The Bertz CT molecular complexity index is 553. The predicted molar refractivity (Wildman–Crippen MR) is 92.2 cm³/mol. The molecule has 0 spiro atoms. The van der Waals surface area contributed by atoms with Gasteiger partial charge in [0.1, 0.15) is 0 Å². The summed E-state index contributed by atoms with van der Waals surface area (Å²) in [6, 6.07) is 5.51. The van der Waals surface area contributed by atoms with E-state index in [1.165, 1.54) is 6.42 Å². The molecule has 2 aliphatic heterocycles. The standard InChI is InChI=1S/C17H24ClN3O2/c1-13-15(18)5-2-6-16(13)19-17(22)21-9-7-20(8-10-21)12-14-4-3-11-23-14/h2,5-6,14H,3-4,7-12H2,1H3,(H,19,22). The van der Waals surface area contributed by atoms with E-state index in [0.717, 1.165) is 57.0 Å². The molecule has 2 fully saturated rings. The van der Waals surface area contributed by atoms with Gasteiger partial charge < -0.3 is 15.0 Å². The van der Waals surface area contributed by atoms with Crippen LogP contribution in [0, 0.1) is 6.92 Å². The highest BCUT2D eigenvalue weighted by atomic mass is 35.5. The van der Waals surface area contributed by atoms with Crippen LogP contribution in [0.1, 0.15) is 18.4 Å². The van der Waals surface area contributed by atoms with Crippen molar-refractivity contribution < 1.29 is 9.53 Å². The van der Waals surface area contributed by atoms with Crippen LogP contribution in [0.4, 0.5) is 10.5 Å². The molecular weight excluding hydrogens is 314 g/mol. The van der Waals surface area contributed by atoms with E-state index in [2.05, 4.69) is 10.2 Å². The zero-order chi connectivity index (χ0) is 16.2. The fraction of sp³-hybridized carbons (Fsp3) is 0.588. The Labute approximate surface area is 142 Å². The van der Waals surface area contributed by atoms with Crippen LogP contribution in [0.25, 0.3) is 0 Å². The number of nitrogens with one attached hydrogen (secondary N) is 1. The first-order chi connectivity index (χ1) is 11.1. The first-order valence-corrected chi connectivity index (χ1v) is 8.66. The van der Waals surface area contributed by atoms with Gasteiger partial charge >= 0.3 is 6.03 Å². The van der Waals surface area contributed by atoms with Gasteiger partial charge in [0.25, 0.3) is 0 Å². The maximum Gasteiger partial charge on any atom is 0.321 e. The number of piperazine rings is 1. The Morgan fingerprint density at radius 3 is 2.83 bits per heavy atom. The monoisotopic (exact) mass is 337 g/mol. The topological polar surface area (TPSA) is 44.8 Å². The number of hydrogen-bond donors (Lipinski definition) is 1. The van der Waals surface area contributed by atoms with E-state index < -0.39 is 0 Å². The number of carbonyl (C=O) groups excluding carboxylic acids is 1. The van der Waals surface area contributed by atoms with Crippen LogP contribution in [-0.4, -0.2) is 61.3 Å². The van der Waals surface area contributed by atoms with E-state index in [-0.39, 0.29) is 6.03 Å². The van der Waals surface area contributed by atoms with E-state index in [1.54, 1.807) is 0 Å². The summed E-state index contributed by atoms with van der Waals surface area (Å²) in [5.41, 5.74) is 1.68. The summed E-state index contributed by atoms with van der Waals surface area (Å²) in [7, 11) is 0. The number of carbonyl (C=O) groups is 1. The minimum atomic E-state index is -0.0490. The van der Waals surface area contributed by atoms with E-state index >= 15 is 0 Å². The molecular formula is C17H24ClN3O2. The molecule has 126 valence electrons. The molecule has 0 aliphatic carbocycles. The highest BCUT2D eigenvalue weighted by Gasteiger charge is 2.25. The third-order valence-electron chi connectivity index (χ3n) is 4.65. The molecule has 5 nitrogen and oxygen atoms in total. The Morgan fingerprint density at radius 2 is 2.13 bits per heavy atom. The van der Waals surface area contributed by atoms with Crippen molar-refractivity contribution >= 4 is 23.3 Å². The lowest BCUT2D eigenvalue weighted by atomic mass is 10.2. The molecule has 1 N–H and O–H groups in total. The summed E-state index contributed by atoms with van der Waals surface area (Å²) in [5.74, 6) is 0. The molecule has 2 amide bonds. The summed E-state index contributed by atoms with van der Waals surface area (Å²) in [6.45, 7) is 7.10. The number of benzene rings is 1. The van der Waals surface area contributed by atoms with Crippen molar-refractivity contribution in [1.82, 2.24) is 9.80 Å². The van der Waals surface area contributed by atoms with Gasteiger partial charge in [-0.1, -0.05) is 17.7 Å². The summed E-state index contributed by atoms with van der Waals surface area (Å²) < 4.78 is 5.69. The molecule has 2 heterocycles. The average Bonchev–Trinajstić information content (AvgIpc) is 3.05. The molecule has 1 atom stereocenters. The van der Waals surface area contributed by atoms with E-state index in [0.29, 0.717) is 11.1 Å². The third kappa shape index (κ3) is 4.16. The van der Waals surface area contributed by atoms with E-state index in [9.17, 15) is 4.79 Å². The van der Waals surface area contributed by atoms with Crippen molar-refractivity contribution in [2.45, 2.75) is 25.9 Å². The Kier molecular flexibility index (Phi) is 5.41. The third-order valence-corrected chi connectivity index (χ3v) is 5.06. The zero-order valence-corrected chi connectivity index (χ0v) is 14.3. The second-order valence-electron chi connectivity index (χ2n) is 6.27. The van der Waals surface area contributed by atoms with Crippen LogP contribution in [0.3, 0.4) is 0 Å². The molecule has 0 bridgehead atoms. The van der Waals surface area contributed by atoms with Gasteiger partial charge in [-0.05, 0) is 37.5 Å². The van der Waals surface area contributed by atoms with Crippen LogP contribution < -0.4 is 5.32 Å². The molecule has 6 heteroatoms. The highest BCUT2D eigenvalue weighted by Crippen LogP contribution is 2.23. The number of amides is 2. The average molecular weight is 338 g/mol. The number of ether oxygens (including phenoxy) is 1. The minimum absolute atomic E-state index is 0.0490. The number of halogens is 1. The van der Waals surface area contributed by atoms with Gasteiger partial charge in [0.05, 0.1) is 6.10 Å². The van der Waals surface area contributed by atoms with Gasteiger partial charge in [-0.25, -0.2) is 4.79 Å². The first kappa shape index (κ1) is 16.6. The normalized spacial score (nSPS) is 22.3. The maximum atomic E-state index is 12.4. The van der Waals surface area contributed by atoms with Crippen molar-refractivity contribution in [3.05, 3.63) is 28.8 Å². The SMILES string of the molecule is Cc1c(Cl)cccc1NC(=O)N1CCN(CC2CCCO2)CC1. The smallest absolute Gasteiger partial charge is 0.321 e. The number of rotatable bonds is 3. The number of anilines is 1. The lowest BCUT2D eigenvalue weighted by Crippen LogP contribution is -2.51. The van der Waals surface area contributed by atoms with Crippen molar-refractivity contribution in [3.8, 4) is 0 Å². The number of urea groups is 1. The van der Waals surface area contributed by atoms with Gasteiger partial charge in [-0.2, -0.15) is 0 Å². The largest absolute Gasteiger partial charge is 0.377 e. The van der Waals surface area contributed by atoms with Gasteiger partial charge in [0.2, 0.25) is 0 Å². The lowest BCUT2D eigenvalue weighted by molar-refractivity contribution is 0.0572. The van der Waals surface area contributed by atoms with Crippen LogP contribution in [-0.2, 0) is 4.74 Å². The maximum absolute atomic E-state index is 12.4. The zero-order valence-electron chi connectivity index (χ0n) is 13.6. The lowest BCUT2D eigenvalue weighted by Gasteiger charge is -2.35. The fourth-order valence-corrected chi connectivity index (χ4v) is 3.32. The Morgan fingerprint density at radius 1 is 1.35 bits per heavy atom. The highest BCUT2D eigenvalue weighted by molar-refractivity contribution is 6.31. The Hall–Kier alpha value is -1.30. The van der Waals surface area contributed by atoms with Crippen LogP contribution in [0.5, 0.6) is 0 Å². The summed E-state index contributed by atoms with van der Waals surface area (Å²) in [4.78, 5) is 16.7. The summed E-state index contributed by atoms with van der Waals surface area (Å²) in [6.07, 6.45) is 2.71. The molecule has 2 saturated heterocycles. The molecule has 3 rings (SSSR count). The molecule has 1 unspecified atom stereocenters. The molecule has 0 saturated carbocycles. The van der Waals surface area contributed by atoms with Crippen molar-refractivity contribution in [1.29, 1.82) is 0 Å². The Balaban J connectivity index is 1.49. The molecule has 0 radical (unpaired) electrons. The number of hydrogen-bond acceptors (Lipinski definition) is 3. The number of nitrogens with zero attached hydrogens (tertiary/aromatic N) is 2. The van der Waals surface area contributed by atoms with Crippen LogP contribution >= 0.6 is 11.6 Å². The van der Waals surface area contributed by atoms with Gasteiger partial charge in [0, 0.05) is 50.0 Å². The quantitative estimate of drug-likeness (QED) is 0.922. The predicted octanol–water partition coefficient (Wildman–Crippen LogP) is 2.98. The molecule has 1 aromatic rings. The van der Waals surface area contributed by atoms with Gasteiger partial charge in [-0.15, -0.1) is 0 Å². The van der Waals surface area contributed by atoms with Crippen molar-refractivity contribution in [3.63, 3.8) is 0 Å². The van der Waals surface area contributed by atoms with E-state index in [1.807, 2.05) is 30.0 Å². The molecule has 0 aromatic heterocycles. The van der Waals surface area contributed by atoms with Crippen LogP contribution in [0.2, 0.25) is 5.02 Å². The first-order valence-electron chi connectivity index (χ1n) is 8.28. The fourth-order valence-electron chi connectivity index (χ4n) is 3.15. The summed E-state index contributed by atoms with van der Waals surface area (Å²) >= 11 is 6.10. The van der Waals surface area contributed by atoms with Gasteiger partial charge in [-0.3, -0.25) is 4.90 Å².